The highest BCUT2D eigenvalue weighted by Crippen LogP contribution is 2.22. The summed E-state index contributed by atoms with van der Waals surface area (Å²) in [6.07, 6.45) is 1.72. The third-order valence-electron chi connectivity index (χ3n) is 4.68. The Hall–Kier alpha value is -3.05. The molecule has 0 spiro atoms. The van der Waals surface area contributed by atoms with Crippen LogP contribution in [0.25, 0.3) is 0 Å². The molecule has 3 rings (SSSR count). The van der Waals surface area contributed by atoms with E-state index in [1.165, 1.54) is 35.5 Å². The first kappa shape index (κ1) is 26.6. The van der Waals surface area contributed by atoms with Gasteiger partial charge < -0.3 is 20.3 Å². The zero-order chi connectivity index (χ0) is 25.2. The number of carbonyl (C=O) groups is 3. The normalized spacial score (nSPS) is 10.6. The number of hydrogen-bond donors (Lipinski definition) is 2. The van der Waals surface area contributed by atoms with Crippen molar-refractivity contribution in [3.8, 4) is 0 Å². The van der Waals surface area contributed by atoms with E-state index >= 15 is 0 Å². The average molecular weight is 536 g/mol. The molecule has 2 aromatic heterocycles. The number of hydrogen-bond acceptors (Lipinski definition) is 7. The lowest BCUT2D eigenvalue weighted by Gasteiger charge is -2.22. The number of ether oxygens (including phenoxy) is 1. The van der Waals surface area contributed by atoms with Crippen LogP contribution in [0.3, 0.4) is 0 Å². The highest BCUT2D eigenvalue weighted by molar-refractivity contribution is 7.13. The number of benzene rings is 1. The fourth-order valence-corrected chi connectivity index (χ4v) is 4.20. The molecule has 0 unspecified atom stereocenters. The predicted molar refractivity (Wildman–Crippen MR) is 135 cm³/mol. The molecule has 0 fully saturated rings. The van der Waals surface area contributed by atoms with Crippen LogP contribution >= 0.6 is 34.5 Å². The zero-order valence-corrected chi connectivity index (χ0v) is 21.1. The summed E-state index contributed by atoms with van der Waals surface area (Å²) in [5.41, 5.74) is 1.50. The Bertz CT molecular complexity index is 1180. The number of carbonyl (C=O) groups excluding carboxylic acids is 3. The molecular formula is C23H23Cl2N5O4S. The Morgan fingerprint density at radius 1 is 1.11 bits per heavy atom. The maximum atomic E-state index is 13.0. The van der Waals surface area contributed by atoms with E-state index in [-0.39, 0.29) is 42.6 Å². The number of aromatic nitrogens is 2. The highest BCUT2D eigenvalue weighted by atomic mass is 35.5. The van der Waals surface area contributed by atoms with Crippen molar-refractivity contribution >= 4 is 57.4 Å². The van der Waals surface area contributed by atoms with E-state index in [0.717, 1.165) is 5.69 Å². The number of halogens is 2. The van der Waals surface area contributed by atoms with Gasteiger partial charge in [0.15, 0.2) is 5.13 Å². The van der Waals surface area contributed by atoms with Crippen molar-refractivity contribution < 1.29 is 19.1 Å². The monoisotopic (exact) mass is 535 g/mol. The van der Waals surface area contributed by atoms with Crippen LogP contribution in [0.2, 0.25) is 10.0 Å². The molecule has 9 nitrogen and oxygen atoms in total. The fourth-order valence-electron chi connectivity index (χ4n) is 2.98. The summed E-state index contributed by atoms with van der Waals surface area (Å²) < 4.78 is 5.06. The lowest BCUT2D eigenvalue weighted by molar-refractivity contribution is -0.120. The van der Waals surface area contributed by atoms with Crippen LogP contribution in [0, 0.1) is 0 Å². The number of methoxy groups -OCH3 is 1. The molecule has 1 aromatic carbocycles. The van der Waals surface area contributed by atoms with Gasteiger partial charge in [-0.15, -0.1) is 11.3 Å². The van der Waals surface area contributed by atoms with Crippen LogP contribution < -0.4 is 10.6 Å². The standard InChI is InChI=1S/C23H23Cl2N5O4S/c1-34-9-8-30(22(33)18-6-5-15(24)10-19(18)25)13-21(32)29-23-28-17(14-35-23)11-20(31)27-12-16-4-2-3-7-26-16/h2-7,10,14H,8-9,11-13H2,1H3,(H,27,31)(H,28,29,32). The summed E-state index contributed by atoms with van der Waals surface area (Å²) in [5, 5.41) is 8.06. The second-order valence-electron chi connectivity index (χ2n) is 7.31. The van der Waals surface area contributed by atoms with Crippen molar-refractivity contribution in [2.75, 3.05) is 32.1 Å². The van der Waals surface area contributed by atoms with Crippen molar-refractivity contribution in [1.29, 1.82) is 0 Å². The average Bonchev–Trinajstić information content (AvgIpc) is 3.27. The predicted octanol–water partition coefficient (Wildman–Crippen LogP) is 3.43. The molecule has 3 aromatic rings. The van der Waals surface area contributed by atoms with Gasteiger partial charge in [-0.2, -0.15) is 0 Å². The summed E-state index contributed by atoms with van der Waals surface area (Å²) in [7, 11) is 1.50. The fraction of sp³-hybridized carbons (Fsp3) is 0.261. The van der Waals surface area contributed by atoms with Crippen molar-refractivity contribution in [2.24, 2.45) is 0 Å². The minimum Gasteiger partial charge on any atom is -0.383 e. The van der Waals surface area contributed by atoms with E-state index < -0.39 is 11.8 Å². The molecule has 0 radical (unpaired) electrons. The van der Waals surface area contributed by atoms with E-state index in [1.54, 1.807) is 23.7 Å². The molecule has 184 valence electrons. The van der Waals surface area contributed by atoms with Gasteiger partial charge >= 0.3 is 0 Å². The van der Waals surface area contributed by atoms with E-state index in [2.05, 4.69) is 20.6 Å². The van der Waals surface area contributed by atoms with Crippen LogP contribution in [0.5, 0.6) is 0 Å². The molecule has 0 aliphatic heterocycles. The molecular weight excluding hydrogens is 513 g/mol. The molecule has 2 N–H and O–H groups in total. The lowest BCUT2D eigenvalue weighted by Crippen LogP contribution is -2.40. The second-order valence-corrected chi connectivity index (χ2v) is 9.01. The molecule has 3 amide bonds. The van der Waals surface area contributed by atoms with Crippen LogP contribution in [0.15, 0.2) is 48.0 Å². The number of amides is 3. The quantitative estimate of drug-likeness (QED) is 0.388. The van der Waals surface area contributed by atoms with Gasteiger partial charge in [0, 0.05) is 30.3 Å². The van der Waals surface area contributed by atoms with Gasteiger partial charge in [0.25, 0.3) is 5.91 Å². The van der Waals surface area contributed by atoms with Gasteiger partial charge in [0.2, 0.25) is 11.8 Å². The minimum atomic E-state index is -0.444. The summed E-state index contributed by atoms with van der Waals surface area (Å²) in [6.45, 7) is 0.498. The number of thiazole rings is 1. The van der Waals surface area contributed by atoms with Crippen LogP contribution in [0.4, 0.5) is 5.13 Å². The van der Waals surface area contributed by atoms with Gasteiger partial charge in [-0.25, -0.2) is 4.98 Å². The smallest absolute Gasteiger partial charge is 0.255 e. The van der Waals surface area contributed by atoms with Crippen LogP contribution in [0.1, 0.15) is 21.7 Å². The third kappa shape index (κ3) is 8.29. The van der Waals surface area contributed by atoms with Gasteiger partial charge in [0.05, 0.1) is 41.5 Å². The van der Waals surface area contributed by atoms with Crippen molar-refractivity contribution in [3.63, 3.8) is 0 Å². The molecule has 0 saturated carbocycles. The second kappa shape index (κ2) is 13.1. The van der Waals surface area contributed by atoms with Gasteiger partial charge in [-0.05, 0) is 30.3 Å². The first-order valence-electron chi connectivity index (χ1n) is 10.5. The number of nitrogens with one attached hydrogen (secondary N) is 2. The Morgan fingerprint density at radius 3 is 2.66 bits per heavy atom. The van der Waals surface area contributed by atoms with E-state index in [4.69, 9.17) is 27.9 Å². The summed E-state index contributed by atoms with van der Waals surface area (Å²) in [5.74, 6) is -1.08. The third-order valence-corrected chi connectivity index (χ3v) is 6.04. The molecule has 0 aliphatic rings. The van der Waals surface area contributed by atoms with Gasteiger partial charge in [-0.3, -0.25) is 19.4 Å². The number of nitrogens with zero attached hydrogens (tertiary/aromatic N) is 3. The SMILES string of the molecule is COCCN(CC(=O)Nc1nc(CC(=O)NCc2ccccn2)cs1)C(=O)c1ccc(Cl)cc1Cl. The Labute approximate surface area is 216 Å². The lowest BCUT2D eigenvalue weighted by atomic mass is 10.2. The summed E-state index contributed by atoms with van der Waals surface area (Å²) in [4.78, 5) is 47.5. The molecule has 2 heterocycles. The first-order valence-corrected chi connectivity index (χ1v) is 12.1. The summed E-state index contributed by atoms with van der Waals surface area (Å²) >= 11 is 13.3. The topological polar surface area (TPSA) is 114 Å². The molecule has 0 atom stereocenters. The zero-order valence-electron chi connectivity index (χ0n) is 18.8. The maximum Gasteiger partial charge on any atom is 0.255 e. The molecule has 12 heteroatoms. The Kier molecular flexibility index (Phi) is 9.98. The minimum absolute atomic E-state index is 0.0622. The number of pyridine rings is 1. The van der Waals surface area contributed by atoms with Gasteiger partial charge in [0.1, 0.15) is 6.54 Å². The van der Waals surface area contributed by atoms with E-state index in [9.17, 15) is 14.4 Å². The number of rotatable bonds is 11. The Balaban J connectivity index is 1.55. The Morgan fingerprint density at radius 2 is 1.94 bits per heavy atom. The molecule has 35 heavy (non-hydrogen) atoms. The van der Waals surface area contributed by atoms with Gasteiger partial charge in [-0.1, -0.05) is 29.3 Å². The molecule has 0 saturated heterocycles. The van der Waals surface area contributed by atoms with Crippen molar-refractivity contribution in [2.45, 2.75) is 13.0 Å². The largest absolute Gasteiger partial charge is 0.383 e. The van der Waals surface area contributed by atoms with Crippen molar-refractivity contribution in [1.82, 2.24) is 20.2 Å². The molecule has 0 aliphatic carbocycles. The maximum absolute atomic E-state index is 13.0. The van der Waals surface area contributed by atoms with Crippen LogP contribution in [-0.4, -0.2) is 59.4 Å². The highest BCUT2D eigenvalue weighted by Gasteiger charge is 2.22. The summed E-state index contributed by atoms with van der Waals surface area (Å²) in [6, 6.07) is 10.00. The van der Waals surface area contributed by atoms with Crippen LogP contribution in [-0.2, 0) is 27.3 Å². The first-order chi connectivity index (χ1) is 16.9. The van der Waals surface area contributed by atoms with Crippen molar-refractivity contribution in [3.05, 3.63) is 75.0 Å². The van der Waals surface area contributed by atoms with E-state index in [0.29, 0.717) is 22.4 Å². The van der Waals surface area contributed by atoms with E-state index in [1.807, 2.05) is 12.1 Å². The number of anilines is 1. The molecule has 0 bridgehead atoms.